The van der Waals surface area contributed by atoms with E-state index in [0.29, 0.717) is 11.1 Å². The van der Waals surface area contributed by atoms with E-state index in [1.165, 1.54) is 24.3 Å². The summed E-state index contributed by atoms with van der Waals surface area (Å²) in [4.78, 5) is 41.3. The van der Waals surface area contributed by atoms with Crippen LogP contribution < -0.4 is 0 Å². The summed E-state index contributed by atoms with van der Waals surface area (Å²) in [6.07, 6.45) is 0. The quantitative estimate of drug-likeness (QED) is 0.174. The molecule has 0 radical (unpaired) electrons. The number of hydroxylamine groups is 4. The van der Waals surface area contributed by atoms with E-state index < -0.39 is 17.2 Å². The van der Waals surface area contributed by atoms with Gasteiger partial charge >= 0.3 is 0 Å². The summed E-state index contributed by atoms with van der Waals surface area (Å²) < 4.78 is 10.3. The van der Waals surface area contributed by atoms with Gasteiger partial charge in [-0.3, -0.25) is 9.59 Å². The number of rotatable bonds is 10. The summed E-state index contributed by atoms with van der Waals surface area (Å²) in [5.41, 5.74) is 5.92. The monoisotopic (exact) mass is 602 g/mol. The van der Waals surface area contributed by atoms with Crippen LogP contribution in [-0.4, -0.2) is 63.8 Å². The third-order valence-electron chi connectivity index (χ3n) is 8.30. The number of amides is 2. The maximum Gasteiger partial charge on any atom is 0.275 e. The van der Waals surface area contributed by atoms with Crippen molar-refractivity contribution in [2.24, 2.45) is 0 Å². The van der Waals surface area contributed by atoms with Crippen molar-refractivity contribution in [1.82, 2.24) is 10.1 Å². The fraction of sp³-hybridized carbons (Fsp3) is 0.189. The van der Waals surface area contributed by atoms with Crippen molar-refractivity contribution in [3.63, 3.8) is 0 Å². The second-order valence-electron chi connectivity index (χ2n) is 10.7. The predicted octanol–water partition coefficient (Wildman–Crippen LogP) is 5.59. The van der Waals surface area contributed by atoms with Crippen LogP contribution in [-0.2, 0) is 34.2 Å². The molecule has 2 aliphatic rings. The van der Waals surface area contributed by atoms with Crippen molar-refractivity contribution in [1.29, 1.82) is 0 Å². The van der Waals surface area contributed by atoms with Gasteiger partial charge in [-0.25, -0.2) is 19.8 Å². The van der Waals surface area contributed by atoms with Gasteiger partial charge in [-0.15, -0.1) is 0 Å². The normalized spacial score (nSPS) is 14.5. The number of ether oxygens (including phenoxy) is 2. The van der Waals surface area contributed by atoms with Crippen LogP contribution >= 0.6 is 0 Å². The minimum atomic E-state index is -1.33. The number of hydrogen-bond donors (Lipinski definition) is 0. The zero-order chi connectivity index (χ0) is 31.6. The molecule has 0 bridgehead atoms. The molecule has 0 atom stereocenters. The van der Waals surface area contributed by atoms with Crippen LogP contribution in [0.5, 0.6) is 0 Å². The number of carbonyl (C=O) groups is 2. The highest BCUT2D eigenvalue weighted by Crippen LogP contribution is 2.63. The Morgan fingerprint density at radius 2 is 0.911 bits per heavy atom. The number of nitrogens with zero attached hydrogens (tertiary/aromatic N) is 2. The largest absolute Gasteiger partial charge is 0.356 e. The zero-order valence-electron chi connectivity index (χ0n) is 25.7. The molecule has 0 unspecified atom stereocenters. The first kappa shape index (κ1) is 30.2. The Hall–Kier alpha value is -4.86. The molecule has 2 aliphatic carbocycles. The van der Waals surface area contributed by atoms with E-state index >= 15 is 0 Å². The van der Waals surface area contributed by atoms with E-state index in [2.05, 4.69) is 0 Å². The highest BCUT2D eigenvalue weighted by atomic mass is 16.8. The van der Waals surface area contributed by atoms with Crippen LogP contribution in [0.25, 0.3) is 11.1 Å². The maximum absolute atomic E-state index is 14.9. The Morgan fingerprint density at radius 1 is 0.556 bits per heavy atom. The first-order valence-electron chi connectivity index (χ1n) is 14.6. The topological polar surface area (TPSA) is 77.5 Å². The molecule has 45 heavy (non-hydrogen) atoms. The summed E-state index contributed by atoms with van der Waals surface area (Å²) in [7, 11) is 6.11. The Balaban J connectivity index is 1.79. The minimum Gasteiger partial charge on any atom is -0.356 e. The molecule has 0 saturated carbocycles. The third-order valence-corrected chi connectivity index (χ3v) is 8.30. The molecule has 0 fully saturated rings. The van der Waals surface area contributed by atoms with Crippen LogP contribution in [0.3, 0.4) is 0 Å². The molecule has 4 aromatic carbocycles. The molecule has 8 heteroatoms. The van der Waals surface area contributed by atoms with Gasteiger partial charge < -0.3 is 9.47 Å². The zero-order valence-corrected chi connectivity index (χ0v) is 25.7. The first-order valence-corrected chi connectivity index (χ1v) is 14.6. The molecular weight excluding hydrogens is 568 g/mol. The molecule has 0 heterocycles. The van der Waals surface area contributed by atoms with Crippen LogP contribution in [0.1, 0.15) is 33.4 Å². The highest BCUT2D eigenvalue weighted by Gasteiger charge is 2.59. The van der Waals surface area contributed by atoms with Crippen molar-refractivity contribution < 1.29 is 28.7 Å². The summed E-state index contributed by atoms with van der Waals surface area (Å²) in [5, 5.41) is 2.37. The van der Waals surface area contributed by atoms with Gasteiger partial charge in [-0.2, -0.15) is 0 Å². The molecule has 6 rings (SSSR count). The van der Waals surface area contributed by atoms with Gasteiger partial charge in [0.05, 0.1) is 5.41 Å². The number of methoxy groups -OCH3 is 2. The lowest BCUT2D eigenvalue weighted by Crippen LogP contribution is -2.43. The maximum atomic E-state index is 14.9. The van der Waals surface area contributed by atoms with E-state index in [4.69, 9.17) is 19.1 Å². The summed E-state index contributed by atoms with van der Waals surface area (Å²) in [6.45, 7) is -0.256. The highest BCUT2D eigenvalue weighted by molar-refractivity contribution is 6.20. The smallest absolute Gasteiger partial charge is 0.275 e. The lowest BCUT2D eigenvalue weighted by Gasteiger charge is -2.35. The second-order valence-corrected chi connectivity index (χ2v) is 10.7. The van der Waals surface area contributed by atoms with Gasteiger partial charge in [0.25, 0.3) is 11.8 Å². The Kier molecular flexibility index (Phi) is 8.47. The van der Waals surface area contributed by atoms with Crippen molar-refractivity contribution in [2.75, 3.05) is 41.9 Å². The Bertz CT molecular complexity index is 1670. The molecular formula is C37H34N2O6. The average molecular weight is 603 g/mol. The number of carbonyl (C=O) groups excluding carboxylic acids is 2. The number of hydrogen-bond acceptors (Lipinski definition) is 6. The van der Waals surface area contributed by atoms with E-state index in [1.807, 2.05) is 109 Å². The predicted molar refractivity (Wildman–Crippen MR) is 170 cm³/mol. The Morgan fingerprint density at radius 3 is 1.29 bits per heavy atom. The standard InChI is InChI=1S/C37H34N2O6/c1-38(44-23-42-3)35(40)33-31(25-15-7-5-8-16-25)27-19-11-13-21-29(27)37(33)30-22-14-12-20-28(30)32(26-17-9-6-10-18-26)34(37)36(41)39(2)45-24-43-4/h5-22H,23-24H2,1-4H3. The fourth-order valence-electron chi connectivity index (χ4n) is 6.55. The van der Waals surface area contributed by atoms with Gasteiger partial charge in [0.2, 0.25) is 0 Å². The lowest BCUT2D eigenvalue weighted by molar-refractivity contribution is -0.207. The molecule has 4 aromatic rings. The average Bonchev–Trinajstić information content (AvgIpc) is 3.56. The molecule has 228 valence electrons. The van der Waals surface area contributed by atoms with Crippen LogP contribution in [0.2, 0.25) is 0 Å². The fourth-order valence-corrected chi connectivity index (χ4v) is 6.55. The Labute approximate surface area is 262 Å². The number of likely N-dealkylation sites (N-methyl/N-ethyl adjacent to an activating group) is 2. The van der Waals surface area contributed by atoms with Crippen molar-refractivity contribution in [2.45, 2.75) is 5.41 Å². The molecule has 2 amide bonds. The van der Waals surface area contributed by atoms with E-state index in [0.717, 1.165) is 44.5 Å². The molecule has 0 saturated heterocycles. The van der Waals surface area contributed by atoms with Gasteiger partial charge in [0.15, 0.2) is 13.6 Å². The van der Waals surface area contributed by atoms with Gasteiger partial charge in [0, 0.05) is 39.5 Å². The summed E-state index contributed by atoms with van der Waals surface area (Å²) in [5.74, 6) is -0.811. The first-order chi connectivity index (χ1) is 22.0. The SMILES string of the molecule is COCON(C)C(=O)C1=C(c2ccccc2)c2ccccc2C12C(C(=O)N(C)OCOC)=C(c1ccccc1)c1ccccc12. The van der Waals surface area contributed by atoms with Crippen molar-refractivity contribution >= 4 is 23.0 Å². The summed E-state index contributed by atoms with van der Waals surface area (Å²) >= 11 is 0. The van der Waals surface area contributed by atoms with Gasteiger partial charge in [0.1, 0.15) is 0 Å². The van der Waals surface area contributed by atoms with E-state index in [9.17, 15) is 9.59 Å². The second kappa shape index (κ2) is 12.6. The number of benzene rings is 4. The molecule has 0 aromatic heterocycles. The van der Waals surface area contributed by atoms with Crippen LogP contribution in [0.4, 0.5) is 0 Å². The van der Waals surface area contributed by atoms with Crippen LogP contribution in [0, 0.1) is 0 Å². The van der Waals surface area contributed by atoms with Crippen molar-refractivity contribution in [3.05, 3.63) is 154 Å². The number of fused-ring (bicyclic) bond motifs is 4. The summed E-state index contributed by atoms with van der Waals surface area (Å²) in [6, 6.07) is 35.3. The molecule has 1 spiro atoms. The van der Waals surface area contributed by atoms with Crippen molar-refractivity contribution in [3.8, 4) is 0 Å². The molecule has 0 aliphatic heterocycles. The third kappa shape index (κ3) is 4.88. The van der Waals surface area contributed by atoms with Crippen LogP contribution in [0.15, 0.2) is 120 Å². The van der Waals surface area contributed by atoms with Gasteiger partial charge in [-0.1, -0.05) is 109 Å². The molecule has 8 nitrogen and oxygen atoms in total. The minimum absolute atomic E-state index is 0.128. The lowest BCUT2D eigenvalue weighted by atomic mass is 9.67. The van der Waals surface area contributed by atoms with E-state index in [-0.39, 0.29) is 13.6 Å². The molecule has 0 N–H and O–H groups in total. The van der Waals surface area contributed by atoms with Gasteiger partial charge in [-0.05, 0) is 44.5 Å². The van der Waals surface area contributed by atoms with E-state index in [1.54, 1.807) is 14.1 Å².